The Morgan fingerprint density at radius 3 is 2.63 bits per heavy atom. The zero-order valence-corrected chi connectivity index (χ0v) is 10.9. The van der Waals surface area contributed by atoms with Gasteiger partial charge in [0.1, 0.15) is 0 Å². The summed E-state index contributed by atoms with van der Waals surface area (Å²) in [6.07, 6.45) is -4.29. The van der Waals surface area contributed by atoms with Crippen molar-refractivity contribution in [2.75, 3.05) is 20.1 Å². The predicted octanol–water partition coefficient (Wildman–Crippen LogP) is 2.11. The van der Waals surface area contributed by atoms with Crippen molar-refractivity contribution in [2.45, 2.75) is 19.6 Å². The summed E-state index contributed by atoms with van der Waals surface area (Å²) in [5.41, 5.74) is 1.99. The zero-order valence-electron chi connectivity index (χ0n) is 10.9. The van der Waals surface area contributed by atoms with Crippen molar-refractivity contribution in [3.63, 3.8) is 0 Å². The first-order valence-corrected chi connectivity index (χ1v) is 5.84. The van der Waals surface area contributed by atoms with E-state index in [4.69, 9.17) is 0 Å². The van der Waals surface area contributed by atoms with Crippen molar-refractivity contribution in [3.8, 4) is 0 Å². The lowest BCUT2D eigenvalue weighted by molar-refractivity contribution is -0.146. The lowest BCUT2D eigenvalue weighted by atomic mass is 10.1. The number of amides is 1. The number of likely N-dealkylation sites (N-methyl/N-ethyl adjacent to an activating group) is 1. The van der Waals surface area contributed by atoms with Gasteiger partial charge in [-0.05, 0) is 19.5 Å². The zero-order chi connectivity index (χ0) is 14.5. The quantitative estimate of drug-likeness (QED) is 0.892. The van der Waals surface area contributed by atoms with Crippen LogP contribution < -0.4 is 5.32 Å². The average molecular weight is 274 g/mol. The maximum Gasteiger partial charge on any atom is 0.401 e. The van der Waals surface area contributed by atoms with Crippen molar-refractivity contribution in [3.05, 3.63) is 35.4 Å². The number of aryl methyl sites for hydroxylation is 1. The SMILES string of the molecule is Cc1cccc(CNC(=O)CN(C)CC(F)(F)F)c1. The third-order valence-electron chi connectivity index (χ3n) is 2.43. The Bertz CT molecular complexity index is 432. The molecule has 0 fully saturated rings. The molecule has 1 rings (SSSR count). The molecule has 0 unspecified atom stereocenters. The number of hydrogen-bond acceptors (Lipinski definition) is 2. The van der Waals surface area contributed by atoms with Gasteiger partial charge in [0.2, 0.25) is 5.91 Å². The highest BCUT2D eigenvalue weighted by Gasteiger charge is 2.29. The van der Waals surface area contributed by atoms with E-state index in [1.54, 1.807) is 0 Å². The van der Waals surface area contributed by atoms with Gasteiger partial charge in [-0.2, -0.15) is 13.2 Å². The van der Waals surface area contributed by atoms with Crippen molar-refractivity contribution < 1.29 is 18.0 Å². The summed E-state index contributed by atoms with van der Waals surface area (Å²) in [7, 11) is 1.26. The number of rotatable bonds is 5. The number of carbonyl (C=O) groups is 1. The Balaban J connectivity index is 2.36. The molecule has 1 aromatic carbocycles. The Morgan fingerprint density at radius 2 is 2.05 bits per heavy atom. The van der Waals surface area contributed by atoms with Gasteiger partial charge in [0, 0.05) is 6.54 Å². The lowest BCUT2D eigenvalue weighted by Crippen LogP contribution is -2.39. The number of alkyl halides is 3. The van der Waals surface area contributed by atoms with E-state index in [0.29, 0.717) is 6.54 Å². The second-order valence-corrected chi connectivity index (χ2v) is 4.55. The molecule has 106 valence electrons. The fourth-order valence-electron chi connectivity index (χ4n) is 1.69. The molecule has 0 aromatic heterocycles. The molecule has 0 heterocycles. The van der Waals surface area contributed by atoms with Crippen LogP contribution in [0, 0.1) is 6.92 Å². The number of nitrogens with zero attached hydrogens (tertiary/aromatic N) is 1. The first-order valence-electron chi connectivity index (χ1n) is 5.84. The van der Waals surface area contributed by atoms with Gasteiger partial charge in [-0.15, -0.1) is 0 Å². The molecule has 0 spiro atoms. The lowest BCUT2D eigenvalue weighted by Gasteiger charge is -2.17. The maximum atomic E-state index is 12.1. The summed E-state index contributed by atoms with van der Waals surface area (Å²) >= 11 is 0. The second-order valence-electron chi connectivity index (χ2n) is 4.55. The molecule has 19 heavy (non-hydrogen) atoms. The Labute approximate surface area is 110 Å². The van der Waals surface area contributed by atoms with Gasteiger partial charge in [0.25, 0.3) is 0 Å². The van der Waals surface area contributed by atoms with E-state index in [9.17, 15) is 18.0 Å². The van der Waals surface area contributed by atoms with E-state index in [2.05, 4.69) is 5.32 Å². The van der Waals surface area contributed by atoms with Crippen molar-refractivity contribution >= 4 is 5.91 Å². The third kappa shape index (κ3) is 6.81. The Kier molecular flexibility index (Phi) is 5.35. The fraction of sp³-hybridized carbons (Fsp3) is 0.462. The monoisotopic (exact) mass is 274 g/mol. The van der Waals surface area contributed by atoms with E-state index in [1.807, 2.05) is 31.2 Å². The number of nitrogens with one attached hydrogen (secondary N) is 1. The summed E-state index contributed by atoms with van der Waals surface area (Å²) in [6, 6.07) is 7.57. The number of benzene rings is 1. The van der Waals surface area contributed by atoms with Gasteiger partial charge < -0.3 is 5.32 Å². The summed E-state index contributed by atoms with van der Waals surface area (Å²) < 4.78 is 36.2. The normalized spacial score (nSPS) is 11.7. The summed E-state index contributed by atoms with van der Waals surface area (Å²) in [5, 5.41) is 2.59. The van der Waals surface area contributed by atoms with Crippen LogP contribution in [0.5, 0.6) is 0 Å². The van der Waals surface area contributed by atoms with Gasteiger partial charge >= 0.3 is 6.18 Å². The highest BCUT2D eigenvalue weighted by molar-refractivity contribution is 5.77. The van der Waals surface area contributed by atoms with E-state index >= 15 is 0 Å². The standard InChI is InChI=1S/C13H17F3N2O/c1-10-4-3-5-11(6-10)7-17-12(19)8-18(2)9-13(14,15)16/h3-6H,7-9H2,1-2H3,(H,17,19). The second kappa shape index (κ2) is 6.56. The van der Waals surface area contributed by atoms with Gasteiger partial charge in [-0.25, -0.2) is 0 Å². The molecule has 0 saturated heterocycles. The highest BCUT2D eigenvalue weighted by Crippen LogP contribution is 2.15. The van der Waals surface area contributed by atoms with Crippen LogP contribution in [0.4, 0.5) is 13.2 Å². The van der Waals surface area contributed by atoms with Crippen LogP contribution in [-0.4, -0.2) is 37.1 Å². The minimum absolute atomic E-state index is 0.272. The van der Waals surface area contributed by atoms with E-state index in [-0.39, 0.29) is 6.54 Å². The minimum Gasteiger partial charge on any atom is -0.351 e. The molecule has 1 aromatic rings. The highest BCUT2D eigenvalue weighted by atomic mass is 19.4. The van der Waals surface area contributed by atoms with Crippen molar-refractivity contribution in [1.29, 1.82) is 0 Å². The van der Waals surface area contributed by atoms with E-state index in [0.717, 1.165) is 16.0 Å². The summed E-state index contributed by atoms with van der Waals surface area (Å²) in [4.78, 5) is 12.4. The largest absolute Gasteiger partial charge is 0.401 e. The molecule has 0 atom stereocenters. The van der Waals surface area contributed by atoms with E-state index < -0.39 is 18.6 Å². The molecule has 1 N–H and O–H groups in total. The third-order valence-corrected chi connectivity index (χ3v) is 2.43. The molecule has 1 amide bonds. The molecule has 0 saturated carbocycles. The van der Waals surface area contributed by atoms with E-state index in [1.165, 1.54) is 7.05 Å². The van der Waals surface area contributed by atoms with Crippen LogP contribution in [0.1, 0.15) is 11.1 Å². The first-order chi connectivity index (χ1) is 8.76. The van der Waals surface area contributed by atoms with Crippen LogP contribution >= 0.6 is 0 Å². The van der Waals surface area contributed by atoms with Crippen LogP contribution in [0.3, 0.4) is 0 Å². The molecule has 0 radical (unpaired) electrons. The Morgan fingerprint density at radius 1 is 1.37 bits per heavy atom. The molecule has 0 bridgehead atoms. The van der Waals surface area contributed by atoms with Gasteiger partial charge in [0.05, 0.1) is 13.1 Å². The maximum absolute atomic E-state index is 12.1. The molecule has 0 aliphatic carbocycles. The van der Waals surface area contributed by atoms with Gasteiger partial charge in [-0.3, -0.25) is 9.69 Å². The number of hydrogen-bond donors (Lipinski definition) is 1. The van der Waals surface area contributed by atoms with Crippen LogP contribution in [0.2, 0.25) is 0 Å². The molecular formula is C13H17F3N2O. The minimum atomic E-state index is -4.29. The first kappa shape index (κ1) is 15.5. The number of carbonyl (C=O) groups excluding carboxylic acids is 1. The van der Waals surface area contributed by atoms with Crippen LogP contribution in [-0.2, 0) is 11.3 Å². The van der Waals surface area contributed by atoms with Crippen molar-refractivity contribution in [1.82, 2.24) is 10.2 Å². The Hall–Kier alpha value is -1.56. The topological polar surface area (TPSA) is 32.3 Å². The summed E-state index contributed by atoms with van der Waals surface area (Å²) in [5.74, 6) is -0.423. The van der Waals surface area contributed by atoms with Gasteiger partial charge in [0.15, 0.2) is 0 Å². The van der Waals surface area contributed by atoms with Crippen LogP contribution in [0.25, 0.3) is 0 Å². The molecular weight excluding hydrogens is 257 g/mol. The molecule has 3 nitrogen and oxygen atoms in total. The predicted molar refractivity (Wildman–Crippen MR) is 66.6 cm³/mol. The smallest absolute Gasteiger partial charge is 0.351 e. The molecule has 0 aliphatic rings. The number of halogens is 3. The average Bonchev–Trinajstić information content (AvgIpc) is 2.23. The van der Waals surface area contributed by atoms with Crippen LogP contribution in [0.15, 0.2) is 24.3 Å². The van der Waals surface area contributed by atoms with Gasteiger partial charge in [-0.1, -0.05) is 29.8 Å². The summed E-state index contributed by atoms with van der Waals surface area (Å²) in [6.45, 7) is 0.888. The molecule has 0 aliphatic heterocycles. The molecule has 6 heteroatoms. The van der Waals surface area contributed by atoms with Crippen molar-refractivity contribution in [2.24, 2.45) is 0 Å². The fourth-order valence-corrected chi connectivity index (χ4v) is 1.69.